The zero-order valence-electron chi connectivity index (χ0n) is 12.8. The van der Waals surface area contributed by atoms with Gasteiger partial charge in [-0.15, -0.1) is 11.3 Å². The van der Waals surface area contributed by atoms with Crippen molar-refractivity contribution in [1.82, 2.24) is 15.5 Å². The summed E-state index contributed by atoms with van der Waals surface area (Å²) in [7, 11) is 1.63. The second kappa shape index (κ2) is 7.41. The highest BCUT2D eigenvalue weighted by Crippen LogP contribution is 2.25. The van der Waals surface area contributed by atoms with Crippen LogP contribution in [0.5, 0.6) is 5.75 Å². The molecule has 0 aliphatic rings. The fourth-order valence-corrected chi connectivity index (χ4v) is 3.12. The van der Waals surface area contributed by atoms with Crippen molar-refractivity contribution in [2.45, 2.75) is 12.6 Å². The third kappa shape index (κ3) is 3.79. The first-order valence-electron chi connectivity index (χ1n) is 7.37. The Kier molecular flexibility index (Phi) is 5.07. The van der Waals surface area contributed by atoms with Crippen LogP contribution in [0.4, 0.5) is 0 Å². The summed E-state index contributed by atoms with van der Waals surface area (Å²) in [6.45, 7) is 1.12. The fraction of sp³-hybridized carbons (Fsp3) is 0.235. The second-order valence-corrected chi connectivity index (χ2v) is 6.12. The van der Waals surface area contributed by atoms with E-state index in [0.29, 0.717) is 13.1 Å². The van der Waals surface area contributed by atoms with Gasteiger partial charge in [-0.05, 0) is 29.1 Å². The monoisotopic (exact) mass is 329 g/mol. The molecule has 2 heterocycles. The average Bonchev–Trinajstić information content (AvgIpc) is 3.25. The van der Waals surface area contributed by atoms with Crippen molar-refractivity contribution in [3.05, 3.63) is 59.1 Å². The van der Waals surface area contributed by atoms with Gasteiger partial charge in [0.2, 0.25) is 0 Å². The van der Waals surface area contributed by atoms with Gasteiger partial charge in [0.15, 0.2) is 0 Å². The Balaban J connectivity index is 1.56. The Hall–Kier alpha value is -2.15. The second-order valence-electron chi connectivity index (χ2n) is 5.17. The Morgan fingerprint density at radius 2 is 2.13 bits per heavy atom. The van der Waals surface area contributed by atoms with Crippen LogP contribution in [0.25, 0.3) is 10.6 Å². The number of hydrogen-bond donors (Lipinski definition) is 3. The summed E-state index contributed by atoms with van der Waals surface area (Å²) in [5.41, 5.74) is 2.99. The van der Waals surface area contributed by atoms with Gasteiger partial charge in [0.25, 0.3) is 0 Å². The number of H-pyrrole nitrogens is 1. The molecule has 3 aromatic rings. The van der Waals surface area contributed by atoms with E-state index >= 15 is 0 Å². The van der Waals surface area contributed by atoms with E-state index in [1.807, 2.05) is 41.9 Å². The smallest absolute Gasteiger partial charge is 0.118 e. The number of nitrogens with zero attached hydrogens (tertiary/aromatic N) is 1. The van der Waals surface area contributed by atoms with Crippen LogP contribution in [0.15, 0.2) is 48.0 Å². The van der Waals surface area contributed by atoms with Crippen LogP contribution in [-0.4, -0.2) is 29.0 Å². The van der Waals surface area contributed by atoms with Gasteiger partial charge >= 0.3 is 0 Å². The van der Waals surface area contributed by atoms with Gasteiger partial charge in [0.1, 0.15) is 5.75 Å². The van der Waals surface area contributed by atoms with Gasteiger partial charge in [-0.3, -0.25) is 5.10 Å². The Morgan fingerprint density at radius 1 is 1.30 bits per heavy atom. The molecule has 6 heteroatoms. The number of ether oxygens (including phenoxy) is 1. The maximum Gasteiger partial charge on any atom is 0.118 e. The minimum absolute atomic E-state index is 0.474. The molecule has 120 valence electrons. The van der Waals surface area contributed by atoms with Crippen LogP contribution >= 0.6 is 11.3 Å². The molecule has 0 radical (unpaired) electrons. The van der Waals surface area contributed by atoms with E-state index in [-0.39, 0.29) is 0 Å². The molecule has 3 rings (SSSR count). The largest absolute Gasteiger partial charge is 0.497 e. The molecule has 2 aromatic heterocycles. The van der Waals surface area contributed by atoms with Crippen molar-refractivity contribution in [3.8, 4) is 16.3 Å². The molecule has 5 nitrogen and oxygen atoms in total. The maximum atomic E-state index is 10.2. The summed E-state index contributed by atoms with van der Waals surface area (Å²) in [4.78, 5) is 1.16. The molecule has 0 amide bonds. The van der Waals surface area contributed by atoms with E-state index in [1.54, 1.807) is 18.4 Å². The van der Waals surface area contributed by atoms with Gasteiger partial charge in [-0.25, -0.2) is 0 Å². The number of aliphatic hydroxyl groups is 1. The number of aromatic amines is 1. The number of aromatic nitrogens is 2. The lowest BCUT2D eigenvalue weighted by Gasteiger charge is -2.12. The average molecular weight is 329 g/mol. The number of methoxy groups -OCH3 is 1. The van der Waals surface area contributed by atoms with Crippen LogP contribution in [0.2, 0.25) is 0 Å². The van der Waals surface area contributed by atoms with E-state index in [2.05, 4.69) is 21.6 Å². The highest BCUT2D eigenvalue weighted by atomic mass is 32.1. The summed E-state index contributed by atoms with van der Waals surface area (Å²) in [5.74, 6) is 0.785. The molecule has 1 aromatic carbocycles. The molecule has 0 fully saturated rings. The molecule has 0 saturated carbocycles. The van der Waals surface area contributed by atoms with Crippen LogP contribution < -0.4 is 10.1 Å². The van der Waals surface area contributed by atoms with Crippen LogP contribution in [-0.2, 0) is 6.54 Å². The lowest BCUT2D eigenvalue weighted by atomic mass is 10.1. The third-order valence-electron chi connectivity index (χ3n) is 3.64. The van der Waals surface area contributed by atoms with Crippen molar-refractivity contribution in [2.24, 2.45) is 0 Å². The van der Waals surface area contributed by atoms with Crippen LogP contribution in [0.3, 0.4) is 0 Å². The Morgan fingerprint density at radius 3 is 2.83 bits per heavy atom. The molecule has 0 unspecified atom stereocenters. The first kappa shape index (κ1) is 15.7. The van der Waals surface area contributed by atoms with Crippen molar-refractivity contribution < 1.29 is 9.84 Å². The minimum atomic E-state index is -0.557. The van der Waals surface area contributed by atoms with Crippen LogP contribution in [0, 0.1) is 0 Å². The lowest BCUT2D eigenvalue weighted by molar-refractivity contribution is 0.174. The quantitative estimate of drug-likeness (QED) is 0.623. The van der Waals surface area contributed by atoms with E-state index in [9.17, 15) is 5.11 Å². The topological polar surface area (TPSA) is 70.2 Å². The van der Waals surface area contributed by atoms with Crippen molar-refractivity contribution in [3.63, 3.8) is 0 Å². The number of thiophene rings is 1. The Bertz CT molecular complexity index is 723. The molecular formula is C17H19N3O2S. The highest BCUT2D eigenvalue weighted by Gasteiger charge is 2.10. The first-order chi connectivity index (χ1) is 11.3. The van der Waals surface area contributed by atoms with Gasteiger partial charge in [-0.2, -0.15) is 5.10 Å². The zero-order valence-corrected chi connectivity index (χ0v) is 13.6. The number of hydrogen-bond acceptors (Lipinski definition) is 5. The van der Waals surface area contributed by atoms with E-state index in [0.717, 1.165) is 27.4 Å². The zero-order chi connectivity index (χ0) is 16.1. The molecule has 0 aliphatic carbocycles. The van der Waals surface area contributed by atoms with Crippen molar-refractivity contribution in [2.75, 3.05) is 13.7 Å². The molecule has 0 bridgehead atoms. The minimum Gasteiger partial charge on any atom is -0.497 e. The lowest BCUT2D eigenvalue weighted by Crippen LogP contribution is -2.21. The van der Waals surface area contributed by atoms with Gasteiger partial charge in [0, 0.05) is 18.7 Å². The van der Waals surface area contributed by atoms with Gasteiger partial charge in [-0.1, -0.05) is 18.2 Å². The SMILES string of the molecule is COc1ccc([C@@H](O)CNCc2cn[nH]c2-c2cccs2)cc1. The maximum absolute atomic E-state index is 10.2. The summed E-state index contributed by atoms with van der Waals surface area (Å²) in [6, 6.07) is 11.5. The number of rotatable bonds is 7. The van der Waals surface area contributed by atoms with Crippen LogP contribution in [0.1, 0.15) is 17.2 Å². The third-order valence-corrected chi connectivity index (χ3v) is 4.53. The molecule has 0 aliphatic heterocycles. The molecule has 0 saturated heterocycles. The fourth-order valence-electron chi connectivity index (χ4n) is 2.37. The number of aliphatic hydroxyl groups excluding tert-OH is 1. The normalized spacial score (nSPS) is 12.3. The molecule has 1 atom stereocenters. The van der Waals surface area contributed by atoms with E-state index in [1.165, 1.54) is 0 Å². The van der Waals surface area contributed by atoms with Crippen molar-refractivity contribution >= 4 is 11.3 Å². The van der Waals surface area contributed by atoms with Crippen molar-refractivity contribution in [1.29, 1.82) is 0 Å². The summed E-state index contributed by atoms with van der Waals surface area (Å²) in [6.07, 6.45) is 1.26. The molecule has 3 N–H and O–H groups in total. The standard InChI is InChI=1S/C17H19N3O2S/c1-22-14-6-4-12(5-7-14)15(21)11-18-9-13-10-19-20-17(13)16-3-2-8-23-16/h2-8,10,15,18,21H,9,11H2,1H3,(H,19,20)/t15-/m0/s1. The van der Waals surface area contributed by atoms with Gasteiger partial charge in [0.05, 0.1) is 30.0 Å². The molecular weight excluding hydrogens is 310 g/mol. The number of benzene rings is 1. The summed E-state index contributed by atoms with van der Waals surface area (Å²) < 4.78 is 5.12. The summed E-state index contributed by atoms with van der Waals surface area (Å²) in [5, 5.41) is 22.7. The highest BCUT2D eigenvalue weighted by molar-refractivity contribution is 7.13. The predicted molar refractivity (Wildman–Crippen MR) is 91.6 cm³/mol. The summed E-state index contributed by atoms with van der Waals surface area (Å²) >= 11 is 1.67. The predicted octanol–water partition coefficient (Wildman–Crippen LogP) is 2.97. The Labute approximate surface area is 139 Å². The number of nitrogens with one attached hydrogen (secondary N) is 2. The molecule has 23 heavy (non-hydrogen) atoms. The van der Waals surface area contributed by atoms with Gasteiger partial charge < -0.3 is 15.2 Å². The van der Waals surface area contributed by atoms with E-state index < -0.39 is 6.10 Å². The van der Waals surface area contributed by atoms with E-state index in [4.69, 9.17) is 4.74 Å². The molecule has 0 spiro atoms. The first-order valence-corrected chi connectivity index (χ1v) is 8.24.